The van der Waals surface area contributed by atoms with E-state index < -0.39 is 0 Å². The highest BCUT2D eigenvalue weighted by atomic mass is 16.5. The molecular weight excluding hydrogens is 230 g/mol. The van der Waals surface area contributed by atoms with Gasteiger partial charge in [-0.2, -0.15) is 10.1 Å². The van der Waals surface area contributed by atoms with Gasteiger partial charge in [-0.3, -0.25) is 4.68 Å². The Kier molecular flexibility index (Phi) is 3.76. The van der Waals surface area contributed by atoms with Gasteiger partial charge in [0.15, 0.2) is 0 Å². The Hall–Kier alpha value is -2.11. The number of aromatic nitrogens is 4. The molecule has 0 aliphatic carbocycles. The van der Waals surface area contributed by atoms with Crippen LogP contribution in [0.25, 0.3) is 0 Å². The lowest BCUT2D eigenvalue weighted by molar-refractivity contribution is 0.396. The van der Waals surface area contributed by atoms with E-state index in [4.69, 9.17) is 4.74 Å². The van der Waals surface area contributed by atoms with E-state index in [1.54, 1.807) is 24.1 Å². The monoisotopic (exact) mass is 247 g/mol. The summed E-state index contributed by atoms with van der Waals surface area (Å²) in [5, 5.41) is 4.16. The topological polar surface area (TPSA) is 56.1 Å². The lowest BCUT2D eigenvalue weighted by Crippen LogP contribution is -2.24. The zero-order chi connectivity index (χ0) is 13.0. The van der Waals surface area contributed by atoms with Gasteiger partial charge in [0.2, 0.25) is 11.8 Å². The van der Waals surface area contributed by atoms with Gasteiger partial charge in [-0.15, -0.1) is 0 Å². The van der Waals surface area contributed by atoms with Crippen LogP contribution in [-0.4, -0.2) is 33.4 Å². The fourth-order valence-corrected chi connectivity index (χ4v) is 1.70. The molecule has 6 heteroatoms. The minimum atomic E-state index is 0.574. The van der Waals surface area contributed by atoms with Crippen molar-refractivity contribution in [1.29, 1.82) is 0 Å². The van der Waals surface area contributed by atoms with Crippen LogP contribution in [0.5, 0.6) is 5.88 Å². The molecule has 96 valence electrons. The van der Waals surface area contributed by atoms with Gasteiger partial charge in [-0.1, -0.05) is 0 Å². The van der Waals surface area contributed by atoms with E-state index in [-0.39, 0.29) is 0 Å². The average Bonchev–Trinajstić information content (AvgIpc) is 2.81. The third kappa shape index (κ3) is 2.77. The van der Waals surface area contributed by atoms with Gasteiger partial charge in [0.25, 0.3) is 0 Å². The van der Waals surface area contributed by atoms with Crippen molar-refractivity contribution in [2.24, 2.45) is 7.05 Å². The third-order valence-electron chi connectivity index (χ3n) is 2.62. The third-order valence-corrected chi connectivity index (χ3v) is 2.62. The Morgan fingerprint density at radius 2 is 2.28 bits per heavy atom. The van der Waals surface area contributed by atoms with Crippen LogP contribution in [0.1, 0.15) is 12.5 Å². The van der Waals surface area contributed by atoms with E-state index in [1.165, 1.54) is 0 Å². The molecule has 2 rings (SSSR count). The minimum Gasteiger partial charge on any atom is -0.481 e. The predicted molar refractivity (Wildman–Crippen MR) is 68.5 cm³/mol. The highest BCUT2D eigenvalue weighted by molar-refractivity contribution is 5.33. The number of hydrogen-bond acceptors (Lipinski definition) is 5. The summed E-state index contributed by atoms with van der Waals surface area (Å²) in [7, 11) is 3.51. The fraction of sp³-hybridized carbons (Fsp3) is 0.417. The Balaban J connectivity index is 2.17. The molecule has 0 aliphatic rings. The molecular formula is C12H17N5O. The van der Waals surface area contributed by atoms with Crippen molar-refractivity contribution in [3.05, 3.63) is 30.2 Å². The van der Waals surface area contributed by atoms with E-state index in [2.05, 4.69) is 26.9 Å². The number of aryl methyl sites for hydroxylation is 1. The molecule has 0 fully saturated rings. The molecule has 0 saturated carbocycles. The van der Waals surface area contributed by atoms with Crippen LogP contribution >= 0.6 is 0 Å². The second-order valence-corrected chi connectivity index (χ2v) is 3.94. The van der Waals surface area contributed by atoms with Crippen LogP contribution in [0.2, 0.25) is 0 Å². The maximum Gasteiger partial charge on any atom is 0.228 e. The van der Waals surface area contributed by atoms with E-state index in [0.717, 1.165) is 18.7 Å². The molecule has 0 aromatic carbocycles. The summed E-state index contributed by atoms with van der Waals surface area (Å²) in [5.74, 6) is 1.24. The first-order valence-corrected chi connectivity index (χ1v) is 5.82. The standard InChI is InChI=1S/C12H17N5O/c1-4-17(9-10-7-14-16(2)8-10)12-13-6-5-11(15-12)18-3/h5-8H,4,9H2,1-3H3. The van der Waals surface area contributed by atoms with Crippen LogP contribution in [0, 0.1) is 0 Å². The Bertz CT molecular complexity index is 511. The molecule has 18 heavy (non-hydrogen) atoms. The lowest BCUT2D eigenvalue weighted by atomic mass is 10.3. The van der Waals surface area contributed by atoms with Crippen molar-refractivity contribution >= 4 is 5.95 Å². The Morgan fingerprint density at radius 1 is 1.44 bits per heavy atom. The number of ether oxygens (including phenoxy) is 1. The molecule has 0 N–H and O–H groups in total. The number of hydrogen-bond donors (Lipinski definition) is 0. The second-order valence-electron chi connectivity index (χ2n) is 3.94. The Morgan fingerprint density at radius 3 is 2.89 bits per heavy atom. The molecule has 2 heterocycles. The van der Waals surface area contributed by atoms with Gasteiger partial charge < -0.3 is 9.64 Å². The van der Waals surface area contributed by atoms with Crippen molar-refractivity contribution in [3.8, 4) is 5.88 Å². The molecule has 0 bridgehead atoms. The Labute approximate surface area is 106 Å². The zero-order valence-corrected chi connectivity index (χ0v) is 10.9. The smallest absolute Gasteiger partial charge is 0.228 e. The number of rotatable bonds is 5. The molecule has 0 aliphatic heterocycles. The van der Waals surface area contributed by atoms with Crippen LogP contribution < -0.4 is 9.64 Å². The molecule has 0 spiro atoms. The highest BCUT2D eigenvalue weighted by Crippen LogP contribution is 2.14. The van der Waals surface area contributed by atoms with Crippen LogP contribution in [0.3, 0.4) is 0 Å². The van der Waals surface area contributed by atoms with Crippen molar-refractivity contribution in [2.75, 3.05) is 18.6 Å². The van der Waals surface area contributed by atoms with Gasteiger partial charge in [0.05, 0.1) is 13.3 Å². The van der Waals surface area contributed by atoms with Crippen molar-refractivity contribution in [3.63, 3.8) is 0 Å². The molecule has 0 saturated heterocycles. The van der Waals surface area contributed by atoms with Crippen molar-refractivity contribution in [2.45, 2.75) is 13.5 Å². The predicted octanol–water partition coefficient (Wildman–Crippen LogP) is 1.25. The molecule has 0 amide bonds. The van der Waals surface area contributed by atoms with Crippen molar-refractivity contribution in [1.82, 2.24) is 19.7 Å². The molecule has 0 radical (unpaired) electrons. The quantitative estimate of drug-likeness (QED) is 0.795. The molecule has 0 unspecified atom stereocenters. The van der Waals surface area contributed by atoms with Gasteiger partial charge in [-0.25, -0.2) is 4.98 Å². The number of anilines is 1. The normalized spacial score (nSPS) is 10.4. The first kappa shape index (κ1) is 12.3. The van der Waals surface area contributed by atoms with E-state index in [0.29, 0.717) is 11.8 Å². The minimum absolute atomic E-state index is 0.574. The SMILES string of the molecule is CCN(Cc1cnn(C)c1)c1nccc(OC)n1. The van der Waals surface area contributed by atoms with Crippen LogP contribution in [0.15, 0.2) is 24.7 Å². The average molecular weight is 247 g/mol. The highest BCUT2D eigenvalue weighted by Gasteiger charge is 2.10. The first-order chi connectivity index (χ1) is 8.72. The first-order valence-electron chi connectivity index (χ1n) is 5.82. The van der Waals surface area contributed by atoms with Gasteiger partial charge in [-0.05, 0) is 6.92 Å². The lowest BCUT2D eigenvalue weighted by Gasteiger charge is -2.19. The van der Waals surface area contributed by atoms with E-state index in [1.807, 2.05) is 19.4 Å². The van der Waals surface area contributed by atoms with Gasteiger partial charge >= 0.3 is 0 Å². The van der Waals surface area contributed by atoms with Crippen LogP contribution in [0.4, 0.5) is 5.95 Å². The summed E-state index contributed by atoms with van der Waals surface area (Å²) in [6.07, 6.45) is 5.54. The molecule has 2 aromatic rings. The summed E-state index contributed by atoms with van der Waals surface area (Å²) in [5.41, 5.74) is 1.13. The van der Waals surface area contributed by atoms with E-state index in [9.17, 15) is 0 Å². The van der Waals surface area contributed by atoms with Gasteiger partial charge in [0.1, 0.15) is 0 Å². The summed E-state index contributed by atoms with van der Waals surface area (Å²) >= 11 is 0. The number of nitrogens with zero attached hydrogens (tertiary/aromatic N) is 5. The van der Waals surface area contributed by atoms with E-state index >= 15 is 0 Å². The maximum atomic E-state index is 5.11. The molecule has 2 aromatic heterocycles. The largest absolute Gasteiger partial charge is 0.481 e. The summed E-state index contributed by atoms with van der Waals surface area (Å²) in [4.78, 5) is 10.7. The maximum absolute atomic E-state index is 5.11. The summed E-state index contributed by atoms with van der Waals surface area (Å²) in [6, 6.07) is 1.74. The van der Waals surface area contributed by atoms with Gasteiger partial charge in [0, 0.05) is 44.2 Å². The summed E-state index contributed by atoms with van der Waals surface area (Å²) in [6.45, 7) is 3.62. The molecule has 6 nitrogen and oxygen atoms in total. The fourth-order valence-electron chi connectivity index (χ4n) is 1.70. The summed E-state index contributed by atoms with van der Waals surface area (Å²) < 4.78 is 6.90. The molecule has 0 atom stereocenters. The second kappa shape index (κ2) is 5.48. The zero-order valence-electron chi connectivity index (χ0n) is 10.9. The van der Waals surface area contributed by atoms with Crippen LogP contribution in [-0.2, 0) is 13.6 Å². The number of methoxy groups -OCH3 is 1. The van der Waals surface area contributed by atoms with Crippen molar-refractivity contribution < 1.29 is 4.74 Å².